The first kappa shape index (κ1) is 12.9. The predicted octanol–water partition coefficient (Wildman–Crippen LogP) is 4.72. The van der Waals surface area contributed by atoms with Crippen molar-refractivity contribution in [3.05, 3.63) is 52.5 Å². The van der Waals surface area contributed by atoms with E-state index in [-0.39, 0.29) is 6.04 Å². The summed E-state index contributed by atoms with van der Waals surface area (Å²) in [7, 11) is 0. The maximum atomic E-state index is 5.83. The van der Waals surface area contributed by atoms with Crippen molar-refractivity contribution in [2.75, 3.05) is 18.2 Å². The van der Waals surface area contributed by atoms with Gasteiger partial charge in [-0.3, -0.25) is 0 Å². The Morgan fingerprint density at radius 1 is 1.21 bits per heavy atom. The molecule has 1 N–H and O–H groups in total. The van der Waals surface area contributed by atoms with Crippen molar-refractivity contribution in [1.82, 2.24) is 0 Å². The van der Waals surface area contributed by atoms with Gasteiger partial charge in [-0.2, -0.15) is 0 Å². The highest BCUT2D eigenvalue weighted by Gasteiger charge is 2.20. The number of rotatable bonds is 2. The number of halogens is 1. The lowest BCUT2D eigenvalue weighted by atomic mass is 10.1. The lowest BCUT2D eigenvalue weighted by molar-refractivity contribution is 0.286. The third-order valence-corrected chi connectivity index (χ3v) is 4.43. The number of ether oxygens (including phenoxy) is 1. The van der Waals surface area contributed by atoms with Crippen LogP contribution >= 0.6 is 27.7 Å². The van der Waals surface area contributed by atoms with Gasteiger partial charge in [0.25, 0.3) is 0 Å². The summed E-state index contributed by atoms with van der Waals surface area (Å²) in [5.74, 6) is 0.909. The maximum absolute atomic E-state index is 5.83. The standard InChI is InChI=1S/C15H14BrNOS/c1-19-12-5-2-10(3-6-12)14-9-18-15-8-11(16)4-7-13(15)17-14/h2-8,14,17H,9H2,1H3. The molecule has 4 heteroatoms. The zero-order chi connectivity index (χ0) is 13.2. The molecule has 1 atom stereocenters. The molecule has 0 bridgehead atoms. The van der Waals surface area contributed by atoms with Crippen LogP contribution in [0.3, 0.4) is 0 Å². The van der Waals surface area contributed by atoms with Crippen molar-refractivity contribution in [2.24, 2.45) is 0 Å². The highest BCUT2D eigenvalue weighted by molar-refractivity contribution is 9.10. The molecule has 1 aliphatic heterocycles. The molecule has 1 heterocycles. The Bertz CT molecular complexity index is 585. The highest BCUT2D eigenvalue weighted by Crippen LogP contribution is 2.35. The largest absolute Gasteiger partial charge is 0.489 e. The van der Waals surface area contributed by atoms with E-state index >= 15 is 0 Å². The predicted molar refractivity (Wildman–Crippen MR) is 84.2 cm³/mol. The fourth-order valence-electron chi connectivity index (χ4n) is 2.15. The number of hydrogen-bond acceptors (Lipinski definition) is 3. The van der Waals surface area contributed by atoms with Crippen LogP contribution in [0.4, 0.5) is 5.69 Å². The topological polar surface area (TPSA) is 21.3 Å². The van der Waals surface area contributed by atoms with Gasteiger partial charge in [-0.05, 0) is 42.2 Å². The van der Waals surface area contributed by atoms with E-state index in [9.17, 15) is 0 Å². The summed E-state index contributed by atoms with van der Waals surface area (Å²) >= 11 is 5.21. The van der Waals surface area contributed by atoms with E-state index in [0.717, 1.165) is 15.9 Å². The molecule has 1 unspecified atom stereocenters. The van der Waals surface area contributed by atoms with Crippen LogP contribution in [0.5, 0.6) is 5.75 Å². The molecule has 0 saturated heterocycles. The minimum atomic E-state index is 0.213. The number of anilines is 1. The van der Waals surface area contributed by atoms with Crippen molar-refractivity contribution >= 4 is 33.4 Å². The highest BCUT2D eigenvalue weighted by atomic mass is 79.9. The minimum Gasteiger partial charge on any atom is -0.489 e. The summed E-state index contributed by atoms with van der Waals surface area (Å²) in [6.45, 7) is 0.655. The van der Waals surface area contributed by atoms with Crippen molar-refractivity contribution in [3.63, 3.8) is 0 Å². The average Bonchev–Trinajstić information content (AvgIpc) is 2.47. The summed E-state index contributed by atoms with van der Waals surface area (Å²) in [6.07, 6.45) is 2.09. The molecule has 0 aromatic heterocycles. The van der Waals surface area contributed by atoms with Gasteiger partial charge in [-0.25, -0.2) is 0 Å². The zero-order valence-electron chi connectivity index (χ0n) is 10.5. The number of nitrogens with one attached hydrogen (secondary N) is 1. The number of fused-ring (bicyclic) bond motifs is 1. The molecule has 19 heavy (non-hydrogen) atoms. The van der Waals surface area contributed by atoms with Crippen molar-refractivity contribution in [3.8, 4) is 5.75 Å². The molecule has 0 aliphatic carbocycles. The molecule has 2 nitrogen and oxygen atoms in total. The molecular formula is C15H14BrNOS. The van der Waals surface area contributed by atoms with E-state index in [4.69, 9.17) is 4.74 Å². The molecule has 2 aromatic rings. The van der Waals surface area contributed by atoms with E-state index in [0.29, 0.717) is 6.61 Å². The smallest absolute Gasteiger partial charge is 0.143 e. The van der Waals surface area contributed by atoms with Crippen LogP contribution in [-0.2, 0) is 0 Å². The first-order valence-electron chi connectivity index (χ1n) is 6.09. The van der Waals surface area contributed by atoms with Crippen LogP contribution in [0.15, 0.2) is 51.8 Å². The fourth-order valence-corrected chi connectivity index (χ4v) is 2.90. The Morgan fingerprint density at radius 2 is 2.00 bits per heavy atom. The summed E-state index contributed by atoms with van der Waals surface area (Å²) in [6, 6.07) is 14.9. The normalized spacial score (nSPS) is 17.3. The van der Waals surface area contributed by atoms with Crippen molar-refractivity contribution < 1.29 is 4.74 Å². The Labute approximate surface area is 125 Å². The Morgan fingerprint density at radius 3 is 2.74 bits per heavy atom. The van der Waals surface area contributed by atoms with Crippen LogP contribution < -0.4 is 10.1 Å². The van der Waals surface area contributed by atoms with Gasteiger partial charge in [0.2, 0.25) is 0 Å². The third-order valence-electron chi connectivity index (χ3n) is 3.20. The second kappa shape index (κ2) is 5.47. The molecule has 0 radical (unpaired) electrons. The fraction of sp³-hybridized carbons (Fsp3) is 0.200. The summed E-state index contributed by atoms with van der Waals surface area (Å²) in [5, 5.41) is 3.53. The van der Waals surface area contributed by atoms with Crippen LogP contribution in [0.25, 0.3) is 0 Å². The van der Waals surface area contributed by atoms with E-state index in [1.54, 1.807) is 11.8 Å². The number of hydrogen-bond donors (Lipinski definition) is 1. The Hall–Kier alpha value is -1.13. The molecular weight excluding hydrogens is 322 g/mol. The van der Waals surface area contributed by atoms with E-state index in [1.807, 2.05) is 18.2 Å². The van der Waals surface area contributed by atoms with E-state index in [1.165, 1.54) is 10.5 Å². The summed E-state index contributed by atoms with van der Waals surface area (Å²) < 4.78 is 6.87. The van der Waals surface area contributed by atoms with Gasteiger partial charge in [-0.15, -0.1) is 11.8 Å². The molecule has 98 valence electrons. The first-order chi connectivity index (χ1) is 9.26. The van der Waals surface area contributed by atoms with Crippen molar-refractivity contribution in [1.29, 1.82) is 0 Å². The molecule has 3 rings (SSSR count). The molecule has 2 aromatic carbocycles. The molecule has 0 spiro atoms. The molecule has 1 aliphatic rings. The van der Waals surface area contributed by atoms with Gasteiger partial charge in [0.15, 0.2) is 0 Å². The molecule has 0 fully saturated rings. The zero-order valence-corrected chi connectivity index (χ0v) is 12.9. The van der Waals surface area contributed by atoms with Crippen LogP contribution in [0, 0.1) is 0 Å². The van der Waals surface area contributed by atoms with Gasteiger partial charge in [-0.1, -0.05) is 28.1 Å². The van der Waals surface area contributed by atoms with Crippen LogP contribution in [0.2, 0.25) is 0 Å². The Kier molecular flexibility index (Phi) is 3.71. The lowest BCUT2D eigenvalue weighted by Gasteiger charge is -2.28. The van der Waals surface area contributed by atoms with Gasteiger partial charge in [0, 0.05) is 9.37 Å². The second-order valence-corrected chi connectivity index (χ2v) is 6.22. The van der Waals surface area contributed by atoms with E-state index < -0.39 is 0 Å². The molecule has 0 amide bonds. The van der Waals surface area contributed by atoms with Gasteiger partial charge >= 0.3 is 0 Å². The maximum Gasteiger partial charge on any atom is 0.143 e. The van der Waals surface area contributed by atoms with Crippen LogP contribution in [-0.4, -0.2) is 12.9 Å². The second-order valence-electron chi connectivity index (χ2n) is 4.42. The quantitative estimate of drug-likeness (QED) is 0.802. The minimum absolute atomic E-state index is 0.213. The molecule has 0 saturated carbocycles. The summed E-state index contributed by atoms with van der Waals surface area (Å²) in [5.41, 5.74) is 2.31. The SMILES string of the molecule is CSc1ccc(C2COc3cc(Br)ccc3N2)cc1. The van der Waals surface area contributed by atoms with Gasteiger partial charge < -0.3 is 10.1 Å². The monoisotopic (exact) mass is 335 g/mol. The van der Waals surface area contributed by atoms with Gasteiger partial charge in [0.05, 0.1) is 11.7 Å². The van der Waals surface area contributed by atoms with E-state index in [2.05, 4.69) is 51.8 Å². The number of thioether (sulfide) groups is 1. The third kappa shape index (κ3) is 2.74. The Balaban J connectivity index is 1.82. The van der Waals surface area contributed by atoms with Gasteiger partial charge in [0.1, 0.15) is 12.4 Å². The summed E-state index contributed by atoms with van der Waals surface area (Å²) in [4.78, 5) is 1.28. The van der Waals surface area contributed by atoms with Crippen LogP contribution in [0.1, 0.15) is 11.6 Å². The average molecular weight is 336 g/mol. The lowest BCUT2D eigenvalue weighted by Crippen LogP contribution is -2.23. The number of benzene rings is 2. The first-order valence-corrected chi connectivity index (χ1v) is 8.11. The van der Waals surface area contributed by atoms with Crippen molar-refractivity contribution in [2.45, 2.75) is 10.9 Å².